The molecule has 0 N–H and O–H groups in total. The van der Waals surface area contributed by atoms with Gasteiger partial charge in [0.2, 0.25) is 11.8 Å². The van der Waals surface area contributed by atoms with E-state index < -0.39 is 0 Å². The monoisotopic (exact) mass is 312 g/mol. The Kier molecular flexibility index (Phi) is 4.53. The number of nitriles is 1. The van der Waals surface area contributed by atoms with Gasteiger partial charge in [0.05, 0.1) is 11.6 Å². The summed E-state index contributed by atoms with van der Waals surface area (Å²) in [6.07, 6.45) is 2.74. The Morgan fingerprint density at radius 1 is 1.26 bits per heavy atom. The normalized spacial score (nSPS) is 17.5. The van der Waals surface area contributed by atoms with E-state index in [1.807, 2.05) is 6.07 Å². The van der Waals surface area contributed by atoms with Crippen LogP contribution in [-0.2, 0) is 0 Å². The van der Waals surface area contributed by atoms with Crippen LogP contribution in [0.15, 0.2) is 22.7 Å². The van der Waals surface area contributed by atoms with Crippen molar-refractivity contribution < 1.29 is 4.42 Å². The summed E-state index contributed by atoms with van der Waals surface area (Å²) in [6, 6.07) is 5.93. The SMILES string of the molecule is Cc1nnc(C(C)N2CCCN(c3ncccc3C#N)CC2)o1. The molecule has 3 heterocycles. The first kappa shape index (κ1) is 15.4. The molecule has 7 nitrogen and oxygen atoms in total. The van der Waals surface area contributed by atoms with Crippen LogP contribution in [0.2, 0.25) is 0 Å². The maximum absolute atomic E-state index is 9.26. The molecule has 0 saturated carbocycles. The number of anilines is 1. The van der Waals surface area contributed by atoms with Gasteiger partial charge in [0.1, 0.15) is 11.9 Å². The number of nitrogens with zero attached hydrogens (tertiary/aromatic N) is 6. The van der Waals surface area contributed by atoms with Crippen molar-refractivity contribution in [3.05, 3.63) is 35.7 Å². The zero-order valence-electron chi connectivity index (χ0n) is 13.4. The number of rotatable bonds is 3. The van der Waals surface area contributed by atoms with Crippen molar-refractivity contribution in [1.29, 1.82) is 5.26 Å². The molecule has 0 spiro atoms. The quantitative estimate of drug-likeness (QED) is 0.856. The minimum atomic E-state index is 0.0929. The van der Waals surface area contributed by atoms with E-state index >= 15 is 0 Å². The highest BCUT2D eigenvalue weighted by atomic mass is 16.4. The summed E-state index contributed by atoms with van der Waals surface area (Å²) in [5, 5.41) is 17.3. The maximum atomic E-state index is 9.26. The molecule has 2 aromatic heterocycles. The van der Waals surface area contributed by atoms with Crippen LogP contribution in [0.25, 0.3) is 0 Å². The van der Waals surface area contributed by atoms with E-state index in [4.69, 9.17) is 4.42 Å². The lowest BCUT2D eigenvalue weighted by molar-refractivity contribution is 0.194. The molecule has 1 aliphatic heterocycles. The van der Waals surface area contributed by atoms with Crippen molar-refractivity contribution in [3.63, 3.8) is 0 Å². The fourth-order valence-electron chi connectivity index (χ4n) is 2.91. The second-order valence-corrected chi connectivity index (χ2v) is 5.70. The van der Waals surface area contributed by atoms with Gasteiger partial charge in [-0.25, -0.2) is 4.98 Å². The molecule has 1 fully saturated rings. The third-order valence-electron chi connectivity index (χ3n) is 4.18. The first-order valence-electron chi connectivity index (χ1n) is 7.83. The molecule has 0 bridgehead atoms. The Morgan fingerprint density at radius 2 is 2.13 bits per heavy atom. The van der Waals surface area contributed by atoms with Gasteiger partial charge in [-0.15, -0.1) is 10.2 Å². The molecule has 0 radical (unpaired) electrons. The van der Waals surface area contributed by atoms with Gasteiger partial charge in [0, 0.05) is 39.3 Å². The van der Waals surface area contributed by atoms with Crippen LogP contribution < -0.4 is 4.90 Å². The zero-order chi connectivity index (χ0) is 16.2. The minimum Gasteiger partial charge on any atom is -0.424 e. The van der Waals surface area contributed by atoms with Crippen LogP contribution >= 0.6 is 0 Å². The zero-order valence-corrected chi connectivity index (χ0v) is 13.4. The fourth-order valence-corrected chi connectivity index (χ4v) is 2.91. The predicted molar refractivity (Wildman–Crippen MR) is 84.8 cm³/mol. The number of aryl methyl sites for hydroxylation is 1. The Morgan fingerprint density at radius 3 is 2.87 bits per heavy atom. The molecule has 7 heteroatoms. The molecule has 2 aromatic rings. The molecule has 1 saturated heterocycles. The van der Waals surface area contributed by atoms with E-state index in [0.29, 0.717) is 17.3 Å². The second-order valence-electron chi connectivity index (χ2n) is 5.70. The highest BCUT2D eigenvalue weighted by Crippen LogP contribution is 2.23. The van der Waals surface area contributed by atoms with E-state index in [2.05, 4.69) is 38.0 Å². The minimum absolute atomic E-state index is 0.0929. The van der Waals surface area contributed by atoms with Crippen LogP contribution in [-0.4, -0.2) is 46.3 Å². The number of hydrogen-bond acceptors (Lipinski definition) is 7. The lowest BCUT2D eigenvalue weighted by atomic mass is 10.2. The van der Waals surface area contributed by atoms with Gasteiger partial charge in [-0.1, -0.05) is 0 Å². The van der Waals surface area contributed by atoms with Crippen molar-refractivity contribution in [1.82, 2.24) is 20.1 Å². The molecule has 3 rings (SSSR count). The molecule has 1 atom stereocenters. The van der Waals surface area contributed by atoms with E-state index in [-0.39, 0.29) is 6.04 Å². The first-order valence-corrected chi connectivity index (χ1v) is 7.83. The number of aromatic nitrogens is 3. The van der Waals surface area contributed by atoms with Crippen LogP contribution in [0, 0.1) is 18.3 Å². The predicted octanol–water partition coefficient (Wildman–Crippen LogP) is 1.92. The average molecular weight is 312 g/mol. The molecule has 0 aromatic carbocycles. The molecule has 0 amide bonds. The Hall–Kier alpha value is -2.46. The number of pyridine rings is 1. The van der Waals surface area contributed by atoms with Crippen molar-refractivity contribution in [2.24, 2.45) is 0 Å². The molecule has 1 unspecified atom stereocenters. The Bertz CT molecular complexity index is 707. The van der Waals surface area contributed by atoms with Gasteiger partial charge < -0.3 is 9.32 Å². The van der Waals surface area contributed by atoms with Crippen LogP contribution in [0.4, 0.5) is 5.82 Å². The standard InChI is InChI=1S/C16H20N6O/c1-12(16-20-19-13(2)23-16)21-7-4-8-22(10-9-21)15-14(11-17)5-3-6-18-15/h3,5-6,12H,4,7-10H2,1-2H3. The summed E-state index contributed by atoms with van der Waals surface area (Å²) in [4.78, 5) is 8.91. The van der Waals surface area contributed by atoms with Gasteiger partial charge in [-0.3, -0.25) is 4.90 Å². The summed E-state index contributed by atoms with van der Waals surface area (Å²) in [5.41, 5.74) is 0.626. The second kappa shape index (κ2) is 6.75. The van der Waals surface area contributed by atoms with Crippen LogP contribution in [0.3, 0.4) is 0 Å². The van der Waals surface area contributed by atoms with E-state index in [1.54, 1.807) is 19.2 Å². The summed E-state index contributed by atoms with van der Waals surface area (Å²) < 4.78 is 5.55. The molecule has 0 aliphatic carbocycles. The molecular weight excluding hydrogens is 292 g/mol. The van der Waals surface area contributed by atoms with Gasteiger partial charge in [-0.2, -0.15) is 5.26 Å². The molecular formula is C16H20N6O. The third kappa shape index (κ3) is 3.32. The highest BCUT2D eigenvalue weighted by Gasteiger charge is 2.24. The van der Waals surface area contributed by atoms with Crippen molar-refractivity contribution >= 4 is 5.82 Å². The highest BCUT2D eigenvalue weighted by molar-refractivity contribution is 5.53. The topological polar surface area (TPSA) is 82.1 Å². The molecule has 1 aliphatic rings. The lowest BCUT2D eigenvalue weighted by Crippen LogP contribution is -2.33. The first-order chi connectivity index (χ1) is 11.2. The van der Waals surface area contributed by atoms with Crippen molar-refractivity contribution in [2.75, 3.05) is 31.1 Å². The van der Waals surface area contributed by atoms with Crippen molar-refractivity contribution in [2.45, 2.75) is 26.3 Å². The van der Waals surface area contributed by atoms with E-state index in [0.717, 1.165) is 38.4 Å². The maximum Gasteiger partial charge on any atom is 0.233 e. The summed E-state index contributed by atoms with van der Waals surface area (Å²) in [5.74, 6) is 2.03. The van der Waals surface area contributed by atoms with Gasteiger partial charge in [0.25, 0.3) is 0 Å². The molecule has 120 valence electrons. The Balaban J connectivity index is 1.71. The summed E-state index contributed by atoms with van der Waals surface area (Å²) in [6.45, 7) is 7.42. The fraction of sp³-hybridized carbons (Fsp3) is 0.500. The van der Waals surface area contributed by atoms with E-state index in [9.17, 15) is 5.26 Å². The smallest absolute Gasteiger partial charge is 0.233 e. The summed E-state index contributed by atoms with van der Waals surface area (Å²) in [7, 11) is 0. The Labute approximate surface area is 135 Å². The molecule has 23 heavy (non-hydrogen) atoms. The largest absolute Gasteiger partial charge is 0.424 e. The number of hydrogen-bond donors (Lipinski definition) is 0. The summed E-state index contributed by atoms with van der Waals surface area (Å²) >= 11 is 0. The van der Waals surface area contributed by atoms with Crippen LogP contribution in [0.1, 0.15) is 36.7 Å². The van der Waals surface area contributed by atoms with Crippen LogP contribution in [0.5, 0.6) is 0 Å². The van der Waals surface area contributed by atoms with Gasteiger partial charge >= 0.3 is 0 Å². The van der Waals surface area contributed by atoms with Gasteiger partial charge in [0.15, 0.2) is 0 Å². The van der Waals surface area contributed by atoms with Gasteiger partial charge in [-0.05, 0) is 25.5 Å². The third-order valence-corrected chi connectivity index (χ3v) is 4.18. The lowest BCUT2D eigenvalue weighted by Gasteiger charge is -2.25. The van der Waals surface area contributed by atoms with Crippen molar-refractivity contribution in [3.8, 4) is 6.07 Å². The van der Waals surface area contributed by atoms with E-state index in [1.165, 1.54) is 0 Å². The average Bonchev–Trinajstić information content (AvgIpc) is 2.87.